The monoisotopic (exact) mass is 286 g/mol. The third-order valence-corrected chi connectivity index (χ3v) is 5.50. The molecular weight excluding hydrogens is 270 g/mol. The number of H-pyrrole nitrogens is 1. The summed E-state index contributed by atoms with van der Waals surface area (Å²) >= 11 is 0. The van der Waals surface area contributed by atoms with E-state index in [4.69, 9.17) is 0 Å². The predicted molar refractivity (Wildman–Crippen MR) is 64.6 cm³/mol. The van der Waals surface area contributed by atoms with E-state index in [1.54, 1.807) is 13.8 Å². The zero-order chi connectivity index (χ0) is 14.2. The molecule has 7 nitrogen and oxygen atoms in total. The molecule has 1 aliphatic heterocycles. The molecule has 0 aliphatic carbocycles. The Kier molecular flexibility index (Phi) is 3.64. The average molecular weight is 286 g/mol. The van der Waals surface area contributed by atoms with Crippen molar-refractivity contribution in [3.63, 3.8) is 0 Å². The third kappa shape index (κ3) is 2.50. The van der Waals surface area contributed by atoms with Gasteiger partial charge >= 0.3 is 0 Å². The Balaban J connectivity index is 2.32. The van der Waals surface area contributed by atoms with Crippen LogP contribution in [0, 0.1) is 19.8 Å². The largest absolute Gasteiger partial charge is 0.550 e. The van der Waals surface area contributed by atoms with E-state index in [1.165, 1.54) is 4.31 Å². The van der Waals surface area contributed by atoms with Crippen LogP contribution in [-0.4, -0.2) is 42.0 Å². The molecule has 1 aliphatic rings. The Labute approximate surface area is 111 Å². The van der Waals surface area contributed by atoms with Gasteiger partial charge in [-0.05, 0) is 26.7 Å². The normalized spacial score (nSPS) is 21.5. The Bertz CT molecular complexity index is 574. The number of hydrogen-bond acceptors (Lipinski definition) is 5. The number of sulfonamides is 1. The lowest BCUT2D eigenvalue weighted by Gasteiger charge is -2.32. The summed E-state index contributed by atoms with van der Waals surface area (Å²) < 4.78 is 26.2. The van der Waals surface area contributed by atoms with E-state index >= 15 is 0 Å². The van der Waals surface area contributed by atoms with Gasteiger partial charge in [-0.15, -0.1) is 0 Å². The van der Waals surface area contributed by atoms with Crippen molar-refractivity contribution in [3.8, 4) is 0 Å². The lowest BCUT2D eigenvalue weighted by Crippen LogP contribution is -2.46. The first kappa shape index (κ1) is 14.0. The highest BCUT2D eigenvalue weighted by atomic mass is 32.2. The van der Waals surface area contributed by atoms with Crippen LogP contribution in [-0.2, 0) is 14.8 Å². The molecule has 1 atom stereocenters. The minimum Gasteiger partial charge on any atom is -0.550 e. The SMILES string of the molecule is Cc1n[nH]c(C)c1S(=O)(=O)N1CCC[C@H](C(=O)[O-])C1. The Hall–Kier alpha value is -1.41. The first-order valence-electron chi connectivity index (χ1n) is 6.06. The van der Waals surface area contributed by atoms with E-state index in [-0.39, 0.29) is 11.4 Å². The zero-order valence-electron chi connectivity index (χ0n) is 10.8. The molecule has 2 rings (SSSR count). The highest BCUT2D eigenvalue weighted by Crippen LogP contribution is 2.26. The van der Waals surface area contributed by atoms with Crippen molar-refractivity contribution in [3.05, 3.63) is 11.4 Å². The van der Waals surface area contributed by atoms with Crippen LogP contribution in [0.25, 0.3) is 0 Å². The fourth-order valence-corrected chi connectivity index (χ4v) is 4.26. The molecule has 2 heterocycles. The minimum absolute atomic E-state index is 0.0330. The maximum Gasteiger partial charge on any atom is 0.246 e. The Morgan fingerprint density at radius 2 is 2.16 bits per heavy atom. The highest BCUT2D eigenvalue weighted by molar-refractivity contribution is 7.89. The van der Waals surface area contributed by atoms with E-state index in [0.717, 1.165) is 0 Å². The molecule has 1 saturated heterocycles. The molecule has 19 heavy (non-hydrogen) atoms. The quantitative estimate of drug-likeness (QED) is 0.781. The first-order valence-corrected chi connectivity index (χ1v) is 7.50. The van der Waals surface area contributed by atoms with E-state index in [2.05, 4.69) is 10.2 Å². The zero-order valence-corrected chi connectivity index (χ0v) is 11.7. The fraction of sp³-hybridized carbons (Fsp3) is 0.636. The van der Waals surface area contributed by atoms with Crippen LogP contribution in [0.4, 0.5) is 0 Å². The second kappa shape index (κ2) is 4.93. The number of nitrogens with one attached hydrogen (secondary N) is 1. The molecule has 1 fully saturated rings. The van der Waals surface area contributed by atoms with Crippen molar-refractivity contribution in [1.29, 1.82) is 0 Å². The summed E-state index contributed by atoms with van der Waals surface area (Å²) in [5, 5.41) is 17.4. The molecule has 0 unspecified atom stereocenters. The summed E-state index contributed by atoms with van der Waals surface area (Å²) in [7, 11) is -3.70. The van der Waals surface area contributed by atoms with Gasteiger partial charge in [-0.25, -0.2) is 8.42 Å². The molecule has 0 saturated carbocycles. The number of aryl methyl sites for hydroxylation is 2. The summed E-state index contributed by atoms with van der Waals surface area (Å²) in [4.78, 5) is 11.0. The number of aliphatic carboxylic acids is 1. The molecule has 0 aromatic carbocycles. The number of hydrogen-bond donors (Lipinski definition) is 1. The molecule has 8 heteroatoms. The number of carbonyl (C=O) groups excluding carboxylic acids is 1. The van der Waals surface area contributed by atoms with Crippen LogP contribution in [0.3, 0.4) is 0 Å². The number of nitrogens with zero attached hydrogens (tertiary/aromatic N) is 2. The van der Waals surface area contributed by atoms with E-state index in [9.17, 15) is 18.3 Å². The van der Waals surface area contributed by atoms with Crippen molar-refractivity contribution in [1.82, 2.24) is 14.5 Å². The smallest absolute Gasteiger partial charge is 0.246 e. The number of piperidine rings is 1. The molecule has 1 aromatic heterocycles. The van der Waals surface area contributed by atoms with E-state index in [1.807, 2.05) is 0 Å². The van der Waals surface area contributed by atoms with Gasteiger partial charge in [-0.3, -0.25) is 5.10 Å². The molecule has 0 amide bonds. The van der Waals surface area contributed by atoms with E-state index in [0.29, 0.717) is 30.8 Å². The topological polar surface area (TPSA) is 106 Å². The van der Waals surface area contributed by atoms with Gasteiger partial charge in [-0.1, -0.05) is 0 Å². The van der Waals surface area contributed by atoms with Gasteiger partial charge in [0.2, 0.25) is 10.0 Å². The van der Waals surface area contributed by atoms with Gasteiger partial charge in [0, 0.05) is 25.0 Å². The second-order valence-corrected chi connectivity index (χ2v) is 6.66. The lowest BCUT2D eigenvalue weighted by molar-refractivity contribution is -0.312. The maximum absolute atomic E-state index is 12.5. The van der Waals surface area contributed by atoms with Crippen LogP contribution in [0.2, 0.25) is 0 Å². The molecule has 0 spiro atoms. The molecule has 106 valence electrons. The molecule has 0 bridgehead atoms. The lowest BCUT2D eigenvalue weighted by atomic mass is 10.0. The van der Waals surface area contributed by atoms with E-state index < -0.39 is 21.9 Å². The van der Waals surface area contributed by atoms with Gasteiger partial charge in [0.25, 0.3) is 0 Å². The summed E-state index contributed by atoms with van der Waals surface area (Å²) in [6.45, 7) is 3.54. The fourth-order valence-electron chi connectivity index (χ4n) is 2.40. The van der Waals surface area contributed by atoms with Crippen LogP contribution in [0.1, 0.15) is 24.2 Å². The molecule has 1 N–H and O–H groups in total. The summed E-state index contributed by atoms with van der Waals surface area (Å²) in [5.41, 5.74) is 0.862. The van der Waals surface area contributed by atoms with Crippen molar-refractivity contribution < 1.29 is 18.3 Å². The van der Waals surface area contributed by atoms with Crippen molar-refractivity contribution in [2.45, 2.75) is 31.6 Å². The van der Waals surface area contributed by atoms with Crippen molar-refractivity contribution in [2.24, 2.45) is 5.92 Å². The van der Waals surface area contributed by atoms with Crippen LogP contribution in [0.15, 0.2) is 4.90 Å². The number of carbonyl (C=O) groups is 1. The molecule has 1 aromatic rings. The first-order chi connectivity index (χ1) is 8.84. The van der Waals surface area contributed by atoms with Crippen LogP contribution in [0.5, 0.6) is 0 Å². The number of rotatable bonds is 3. The Morgan fingerprint density at radius 3 is 2.68 bits per heavy atom. The van der Waals surface area contributed by atoms with Gasteiger partial charge in [0.15, 0.2) is 0 Å². The maximum atomic E-state index is 12.5. The number of carboxylic acids is 1. The standard InChI is InChI=1S/C11H17N3O4S/c1-7-10(8(2)13-12-7)19(17,18)14-5-3-4-9(6-14)11(15)16/h9H,3-6H2,1-2H3,(H,12,13)(H,15,16)/p-1/t9-/m0/s1. The van der Waals surface area contributed by atoms with Crippen molar-refractivity contribution >= 4 is 16.0 Å². The van der Waals surface area contributed by atoms with Gasteiger partial charge in [0.1, 0.15) is 4.90 Å². The van der Waals surface area contributed by atoms with Crippen LogP contribution >= 0.6 is 0 Å². The summed E-state index contributed by atoms with van der Waals surface area (Å²) in [5.74, 6) is -1.93. The van der Waals surface area contributed by atoms with Gasteiger partial charge in [0.05, 0.1) is 11.4 Å². The van der Waals surface area contributed by atoms with Gasteiger partial charge < -0.3 is 9.90 Å². The summed E-state index contributed by atoms with van der Waals surface area (Å²) in [6.07, 6.45) is 0.978. The highest BCUT2D eigenvalue weighted by Gasteiger charge is 2.33. The second-order valence-electron chi connectivity index (χ2n) is 4.78. The minimum atomic E-state index is -3.70. The predicted octanol–water partition coefficient (Wildman–Crippen LogP) is -0.823. The molecule has 0 radical (unpaired) electrons. The van der Waals surface area contributed by atoms with Gasteiger partial charge in [-0.2, -0.15) is 9.40 Å². The average Bonchev–Trinajstić information content (AvgIpc) is 2.69. The van der Waals surface area contributed by atoms with Crippen molar-refractivity contribution in [2.75, 3.05) is 13.1 Å². The summed E-state index contributed by atoms with van der Waals surface area (Å²) in [6, 6.07) is 0. The molecular formula is C11H16N3O4S-. The van der Waals surface area contributed by atoms with Crippen LogP contribution < -0.4 is 5.11 Å². The third-order valence-electron chi connectivity index (χ3n) is 3.38. The number of aromatic nitrogens is 2. The number of aromatic amines is 1. The Morgan fingerprint density at radius 1 is 1.47 bits per heavy atom. The number of carboxylic acid groups (broad SMARTS) is 1.